The van der Waals surface area contributed by atoms with E-state index >= 15 is 0 Å². The lowest BCUT2D eigenvalue weighted by atomic mass is 10.2. The van der Waals surface area contributed by atoms with Gasteiger partial charge < -0.3 is 9.52 Å². The Kier molecular flexibility index (Phi) is 0.947. The zero-order chi connectivity index (χ0) is 6.97. The minimum atomic E-state index is -0.0116. The molecule has 0 unspecified atom stereocenters. The molecule has 1 aliphatic heterocycles. The Morgan fingerprint density at radius 1 is 1.20 bits per heavy atom. The average molecular weight is 134 g/mol. The van der Waals surface area contributed by atoms with Gasteiger partial charge in [-0.05, 0) is 17.7 Å². The lowest BCUT2D eigenvalue weighted by Crippen LogP contribution is -1.71. The second kappa shape index (κ2) is 1.77. The molecule has 1 aliphatic carbocycles. The fourth-order valence-corrected chi connectivity index (χ4v) is 1.01. The molecule has 0 amide bonds. The van der Waals surface area contributed by atoms with E-state index in [9.17, 15) is 0 Å². The number of hydrogen-bond donors (Lipinski definition) is 1. The molecule has 0 spiro atoms. The molecule has 0 aromatic rings. The molecule has 0 fully saturated rings. The Bertz CT molecular complexity index is 311. The zero-order valence-corrected chi connectivity index (χ0v) is 5.24. The van der Waals surface area contributed by atoms with Gasteiger partial charge in [0.25, 0.3) is 5.95 Å². The van der Waals surface area contributed by atoms with Crippen LogP contribution in [-0.4, -0.2) is 5.11 Å². The van der Waals surface area contributed by atoms with Crippen LogP contribution >= 0.6 is 0 Å². The monoisotopic (exact) mass is 134 g/mol. The first-order valence-corrected chi connectivity index (χ1v) is 3.03. The van der Waals surface area contributed by atoms with Crippen molar-refractivity contribution >= 4 is 0 Å². The number of fused-ring (bicyclic) bond motifs is 1. The Morgan fingerprint density at radius 2 is 2.10 bits per heavy atom. The highest BCUT2D eigenvalue weighted by atomic mass is 16.5. The minimum absolute atomic E-state index is 0.0116. The number of hydrogen-bond acceptors (Lipinski definition) is 2. The van der Waals surface area contributed by atoms with Crippen molar-refractivity contribution in [3.05, 3.63) is 30.5 Å². The molecule has 50 valence electrons. The summed E-state index contributed by atoms with van der Waals surface area (Å²) in [5.74, 6) is -0.0116. The highest BCUT2D eigenvalue weighted by Gasteiger charge is 2.06. The topological polar surface area (TPSA) is 33.4 Å². The molecule has 10 heavy (non-hydrogen) atoms. The van der Waals surface area contributed by atoms with Crippen molar-refractivity contribution in [2.45, 2.75) is 0 Å². The lowest BCUT2D eigenvalue weighted by Gasteiger charge is -1.97. The summed E-state index contributed by atoms with van der Waals surface area (Å²) in [6.07, 6.45) is 1.47. The van der Waals surface area contributed by atoms with Crippen LogP contribution < -0.4 is 0 Å². The van der Waals surface area contributed by atoms with Crippen LogP contribution in [0.3, 0.4) is 0 Å². The van der Waals surface area contributed by atoms with Crippen LogP contribution in [0.5, 0.6) is 5.95 Å². The van der Waals surface area contributed by atoms with Crippen LogP contribution in [0, 0.1) is 0 Å². The fraction of sp³-hybridized carbons (Fsp3) is 0. The van der Waals surface area contributed by atoms with Gasteiger partial charge in [-0.2, -0.15) is 0 Å². The van der Waals surface area contributed by atoms with E-state index in [1.807, 2.05) is 24.3 Å². The summed E-state index contributed by atoms with van der Waals surface area (Å²) in [6, 6.07) is 7.42. The fourth-order valence-electron chi connectivity index (χ4n) is 1.01. The van der Waals surface area contributed by atoms with Gasteiger partial charge >= 0.3 is 0 Å². The molecule has 1 heterocycles. The predicted molar refractivity (Wildman–Crippen MR) is 37.0 cm³/mol. The maximum absolute atomic E-state index is 9.09. The van der Waals surface area contributed by atoms with Crippen LogP contribution in [-0.2, 0) is 0 Å². The summed E-state index contributed by atoms with van der Waals surface area (Å²) < 4.78 is 4.75. The summed E-state index contributed by atoms with van der Waals surface area (Å²) in [6.45, 7) is 0. The van der Waals surface area contributed by atoms with Crippen molar-refractivity contribution in [1.29, 1.82) is 0 Å². The molecule has 0 aromatic carbocycles. The lowest BCUT2D eigenvalue weighted by molar-refractivity contribution is 0.325. The third-order valence-corrected chi connectivity index (χ3v) is 1.51. The summed E-state index contributed by atoms with van der Waals surface area (Å²) in [7, 11) is 0. The van der Waals surface area contributed by atoms with Gasteiger partial charge in [0.05, 0.1) is 11.8 Å². The quantitative estimate of drug-likeness (QED) is 0.598. The first-order valence-electron chi connectivity index (χ1n) is 3.03. The van der Waals surface area contributed by atoms with E-state index in [0.717, 1.165) is 11.1 Å². The van der Waals surface area contributed by atoms with Gasteiger partial charge in [0.1, 0.15) is 0 Å². The van der Waals surface area contributed by atoms with Gasteiger partial charge in [0.2, 0.25) is 0 Å². The van der Waals surface area contributed by atoms with Gasteiger partial charge in [0, 0.05) is 0 Å². The molecule has 2 heteroatoms. The molecule has 0 atom stereocenters. The smallest absolute Gasteiger partial charge is 0.289 e. The number of rotatable bonds is 0. The maximum atomic E-state index is 9.09. The van der Waals surface area contributed by atoms with Crippen LogP contribution in [0.2, 0.25) is 0 Å². The molecule has 2 nitrogen and oxygen atoms in total. The van der Waals surface area contributed by atoms with Gasteiger partial charge in [-0.3, -0.25) is 0 Å². The molecule has 0 saturated heterocycles. The minimum Gasteiger partial charge on any atom is -0.480 e. The van der Waals surface area contributed by atoms with Crippen LogP contribution in [0.1, 0.15) is 0 Å². The van der Waals surface area contributed by atoms with E-state index < -0.39 is 0 Å². The molecular formula is C8H6O2. The SMILES string of the molecule is Oc1occc2cccc1-2. The van der Waals surface area contributed by atoms with E-state index in [0.29, 0.717) is 0 Å². The van der Waals surface area contributed by atoms with Crippen molar-refractivity contribution in [2.75, 3.05) is 0 Å². The summed E-state index contributed by atoms with van der Waals surface area (Å²) in [4.78, 5) is 0. The van der Waals surface area contributed by atoms with Crippen molar-refractivity contribution in [1.82, 2.24) is 0 Å². The van der Waals surface area contributed by atoms with Crippen molar-refractivity contribution < 1.29 is 9.52 Å². The second-order valence-electron chi connectivity index (χ2n) is 2.12. The molecule has 0 saturated carbocycles. The van der Waals surface area contributed by atoms with Crippen molar-refractivity contribution in [3.8, 4) is 17.1 Å². The van der Waals surface area contributed by atoms with E-state index in [-0.39, 0.29) is 5.95 Å². The zero-order valence-electron chi connectivity index (χ0n) is 5.24. The predicted octanol–water partition coefficient (Wildman–Crippen LogP) is 2.09. The molecule has 2 rings (SSSR count). The second-order valence-corrected chi connectivity index (χ2v) is 2.12. The van der Waals surface area contributed by atoms with Gasteiger partial charge in [0.15, 0.2) is 0 Å². The van der Waals surface area contributed by atoms with E-state index in [1.54, 1.807) is 0 Å². The molecule has 0 radical (unpaired) electrons. The van der Waals surface area contributed by atoms with E-state index in [1.165, 1.54) is 6.26 Å². The van der Waals surface area contributed by atoms with Gasteiger partial charge in [-0.15, -0.1) is 0 Å². The number of aromatic hydroxyl groups is 1. The van der Waals surface area contributed by atoms with Crippen LogP contribution in [0.4, 0.5) is 0 Å². The van der Waals surface area contributed by atoms with Crippen LogP contribution in [0.15, 0.2) is 34.9 Å². The average Bonchev–Trinajstić information content (AvgIpc) is 2.36. The molecule has 0 aromatic heterocycles. The van der Waals surface area contributed by atoms with Crippen molar-refractivity contribution in [3.63, 3.8) is 0 Å². The first kappa shape index (κ1) is 5.35. The molecule has 0 bridgehead atoms. The van der Waals surface area contributed by atoms with Crippen molar-refractivity contribution in [2.24, 2.45) is 0 Å². The largest absolute Gasteiger partial charge is 0.480 e. The Hall–Kier alpha value is -1.44. The standard InChI is InChI=1S/C8H6O2/c9-8-7-3-1-2-6(7)4-5-10-8/h1-5,9H. The maximum Gasteiger partial charge on any atom is 0.289 e. The Labute approximate surface area is 58.1 Å². The third-order valence-electron chi connectivity index (χ3n) is 1.51. The van der Waals surface area contributed by atoms with E-state index in [4.69, 9.17) is 9.52 Å². The summed E-state index contributed by atoms with van der Waals surface area (Å²) >= 11 is 0. The van der Waals surface area contributed by atoms with Crippen LogP contribution in [0.25, 0.3) is 11.1 Å². The summed E-state index contributed by atoms with van der Waals surface area (Å²) in [5.41, 5.74) is 1.77. The Balaban J connectivity index is 2.80. The highest BCUT2D eigenvalue weighted by Crippen LogP contribution is 2.30. The van der Waals surface area contributed by atoms with Gasteiger partial charge in [-0.25, -0.2) is 0 Å². The third kappa shape index (κ3) is 0.589. The van der Waals surface area contributed by atoms with Gasteiger partial charge in [-0.1, -0.05) is 12.1 Å². The molecule has 2 aliphatic rings. The molecular weight excluding hydrogens is 128 g/mol. The molecule has 1 N–H and O–H groups in total. The first-order chi connectivity index (χ1) is 4.88. The Morgan fingerprint density at radius 3 is 2.90 bits per heavy atom. The normalized spacial score (nSPS) is 10.4. The van der Waals surface area contributed by atoms with E-state index in [2.05, 4.69) is 0 Å². The summed E-state index contributed by atoms with van der Waals surface area (Å²) in [5, 5.41) is 9.09. The highest BCUT2D eigenvalue weighted by molar-refractivity contribution is 5.69.